The van der Waals surface area contributed by atoms with E-state index in [2.05, 4.69) is 17.0 Å². The summed E-state index contributed by atoms with van der Waals surface area (Å²) in [5.74, 6) is 0. The standard InChI is InChI=1S/C13H16N4O2/c1-15-6-4-11(5-7-15)16-9-10-2-3-12(17(18)19)8-13(10)14-16/h2-3,8-9,11H,4-7H2,1H3. The van der Waals surface area contributed by atoms with Crippen molar-refractivity contribution in [1.29, 1.82) is 0 Å². The van der Waals surface area contributed by atoms with Gasteiger partial charge in [0.15, 0.2) is 0 Å². The molecule has 0 amide bonds. The van der Waals surface area contributed by atoms with Gasteiger partial charge in [-0.3, -0.25) is 14.8 Å². The number of nitrogens with zero attached hydrogens (tertiary/aromatic N) is 4. The van der Waals surface area contributed by atoms with E-state index >= 15 is 0 Å². The number of likely N-dealkylation sites (tertiary alicyclic amines) is 1. The molecule has 0 radical (unpaired) electrons. The molecule has 2 aromatic rings. The van der Waals surface area contributed by atoms with Crippen molar-refractivity contribution in [2.45, 2.75) is 18.9 Å². The van der Waals surface area contributed by atoms with Crippen LogP contribution >= 0.6 is 0 Å². The van der Waals surface area contributed by atoms with Crippen LogP contribution in [0.4, 0.5) is 5.69 Å². The number of aromatic nitrogens is 2. The maximum atomic E-state index is 10.8. The minimum absolute atomic E-state index is 0.0983. The fraction of sp³-hybridized carbons (Fsp3) is 0.462. The highest BCUT2D eigenvalue weighted by molar-refractivity contribution is 5.80. The second kappa shape index (κ2) is 4.62. The van der Waals surface area contributed by atoms with Crippen molar-refractivity contribution in [2.75, 3.05) is 20.1 Å². The Kier molecular flexibility index (Phi) is 2.94. The molecule has 0 saturated carbocycles. The van der Waals surface area contributed by atoms with E-state index in [1.807, 2.05) is 10.9 Å². The van der Waals surface area contributed by atoms with E-state index < -0.39 is 0 Å². The van der Waals surface area contributed by atoms with E-state index in [0.29, 0.717) is 11.6 Å². The lowest BCUT2D eigenvalue weighted by atomic mass is 10.1. The van der Waals surface area contributed by atoms with Crippen LogP contribution in [0, 0.1) is 10.1 Å². The van der Waals surface area contributed by atoms with Gasteiger partial charge in [0.2, 0.25) is 0 Å². The lowest BCUT2D eigenvalue weighted by Gasteiger charge is -2.28. The lowest BCUT2D eigenvalue weighted by Crippen LogP contribution is -2.31. The Hall–Kier alpha value is -1.95. The normalized spacial score (nSPS) is 17.9. The number of non-ortho nitro benzene ring substituents is 1. The average molecular weight is 260 g/mol. The minimum Gasteiger partial charge on any atom is -0.306 e. The molecule has 0 atom stereocenters. The summed E-state index contributed by atoms with van der Waals surface area (Å²) in [5, 5.41) is 16.2. The molecule has 100 valence electrons. The average Bonchev–Trinajstić information content (AvgIpc) is 2.82. The van der Waals surface area contributed by atoms with Gasteiger partial charge in [-0.25, -0.2) is 0 Å². The van der Waals surface area contributed by atoms with Crippen LogP contribution in [0.1, 0.15) is 18.9 Å². The number of nitro benzene ring substituents is 1. The molecule has 1 fully saturated rings. The van der Waals surface area contributed by atoms with Crippen LogP contribution in [-0.4, -0.2) is 39.7 Å². The van der Waals surface area contributed by atoms with Gasteiger partial charge in [-0.1, -0.05) is 0 Å². The summed E-state index contributed by atoms with van der Waals surface area (Å²) in [6.45, 7) is 2.14. The predicted molar refractivity (Wildman–Crippen MR) is 72.2 cm³/mol. The van der Waals surface area contributed by atoms with Gasteiger partial charge in [0.05, 0.1) is 16.5 Å². The fourth-order valence-corrected chi connectivity index (χ4v) is 2.58. The van der Waals surface area contributed by atoms with Crippen molar-refractivity contribution >= 4 is 16.6 Å². The Morgan fingerprint density at radius 3 is 2.79 bits per heavy atom. The summed E-state index contributed by atoms with van der Waals surface area (Å²) < 4.78 is 1.97. The second-order valence-corrected chi connectivity index (χ2v) is 5.14. The van der Waals surface area contributed by atoms with Gasteiger partial charge in [-0.2, -0.15) is 5.10 Å². The van der Waals surface area contributed by atoms with E-state index in [-0.39, 0.29) is 10.6 Å². The first kappa shape index (κ1) is 12.1. The summed E-state index contributed by atoms with van der Waals surface area (Å²) in [6, 6.07) is 5.25. The molecule has 1 saturated heterocycles. The maximum absolute atomic E-state index is 10.8. The maximum Gasteiger partial charge on any atom is 0.271 e. The molecule has 6 heteroatoms. The Labute approximate surface area is 110 Å². The zero-order chi connectivity index (χ0) is 13.4. The first-order valence-corrected chi connectivity index (χ1v) is 6.45. The topological polar surface area (TPSA) is 64.2 Å². The van der Waals surface area contributed by atoms with Crippen molar-refractivity contribution in [1.82, 2.24) is 14.7 Å². The number of hydrogen-bond acceptors (Lipinski definition) is 4. The molecule has 0 N–H and O–H groups in total. The first-order valence-electron chi connectivity index (χ1n) is 6.45. The third-order valence-corrected chi connectivity index (χ3v) is 3.78. The minimum atomic E-state index is -0.381. The number of benzene rings is 1. The monoisotopic (exact) mass is 260 g/mol. The molecule has 3 rings (SSSR count). The Morgan fingerprint density at radius 1 is 1.37 bits per heavy atom. The first-order chi connectivity index (χ1) is 9.13. The Morgan fingerprint density at radius 2 is 2.11 bits per heavy atom. The third kappa shape index (κ3) is 2.31. The molecule has 6 nitrogen and oxygen atoms in total. The SMILES string of the molecule is CN1CCC(n2cc3ccc([N+](=O)[O-])cc3n2)CC1. The van der Waals surface area contributed by atoms with Crippen molar-refractivity contribution in [3.63, 3.8) is 0 Å². The van der Waals surface area contributed by atoms with Crippen LogP contribution in [0.25, 0.3) is 10.9 Å². The van der Waals surface area contributed by atoms with Gasteiger partial charge >= 0.3 is 0 Å². The number of fused-ring (bicyclic) bond motifs is 1. The van der Waals surface area contributed by atoms with Crippen LogP contribution in [0.15, 0.2) is 24.4 Å². The molecule has 0 unspecified atom stereocenters. The number of piperidine rings is 1. The fourth-order valence-electron chi connectivity index (χ4n) is 2.58. The van der Waals surface area contributed by atoms with Crippen LogP contribution in [0.5, 0.6) is 0 Å². The van der Waals surface area contributed by atoms with E-state index in [1.165, 1.54) is 6.07 Å². The van der Waals surface area contributed by atoms with Crippen molar-refractivity contribution in [3.05, 3.63) is 34.5 Å². The summed E-state index contributed by atoms with van der Waals surface area (Å²) in [7, 11) is 2.12. The Balaban J connectivity index is 1.91. The zero-order valence-corrected chi connectivity index (χ0v) is 10.8. The molecule has 1 aromatic heterocycles. The molecule has 0 aliphatic carbocycles. The predicted octanol–water partition coefficient (Wildman–Crippen LogP) is 2.21. The van der Waals surface area contributed by atoms with Gasteiger partial charge in [0.1, 0.15) is 0 Å². The van der Waals surface area contributed by atoms with Gasteiger partial charge in [0.25, 0.3) is 5.69 Å². The molecule has 1 aromatic carbocycles. The molecule has 1 aliphatic rings. The third-order valence-electron chi connectivity index (χ3n) is 3.78. The van der Waals surface area contributed by atoms with Gasteiger partial charge in [-0.05, 0) is 39.0 Å². The van der Waals surface area contributed by atoms with Crippen molar-refractivity contribution in [3.8, 4) is 0 Å². The number of rotatable bonds is 2. The van der Waals surface area contributed by atoms with Crippen LogP contribution < -0.4 is 0 Å². The van der Waals surface area contributed by atoms with Gasteiger partial charge in [-0.15, -0.1) is 0 Å². The summed E-state index contributed by atoms with van der Waals surface area (Å²) in [6.07, 6.45) is 4.15. The van der Waals surface area contributed by atoms with Crippen molar-refractivity contribution in [2.24, 2.45) is 0 Å². The van der Waals surface area contributed by atoms with Gasteiger partial charge in [0, 0.05) is 23.7 Å². The highest BCUT2D eigenvalue weighted by Gasteiger charge is 2.19. The van der Waals surface area contributed by atoms with Gasteiger partial charge < -0.3 is 4.90 Å². The zero-order valence-electron chi connectivity index (χ0n) is 10.8. The molecule has 1 aliphatic heterocycles. The summed E-state index contributed by atoms with van der Waals surface area (Å²) in [5.41, 5.74) is 0.800. The lowest BCUT2D eigenvalue weighted by molar-refractivity contribution is -0.384. The highest BCUT2D eigenvalue weighted by Crippen LogP contribution is 2.25. The molecule has 0 bridgehead atoms. The van der Waals surface area contributed by atoms with E-state index in [0.717, 1.165) is 31.3 Å². The molecule has 19 heavy (non-hydrogen) atoms. The smallest absolute Gasteiger partial charge is 0.271 e. The second-order valence-electron chi connectivity index (χ2n) is 5.14. The van der Waals surface area contributed by atoms with Crippen LogP contribution in [0.2, 0.25) is 0 Å². The molecule has 2 heterocycles. The summed E-state index contributed by atoms with van der Waals surface area (Å²) in [4.78, 5) is 12.7. The number of nitro groups is 1. The Bertz CT molecular complexity index is 614. The quantitative estimate of drug-likeness (QED) is 0.613. The molecule has 0 spiro atoms. The van der Waals surface area contributed by atoms with Crippen LogP contribution in [-0.2, 0) is 0 Å². The summed E-state index contributed by atoms with van der Waals surface area (Å²) >= 11 is 0. The van der Waals surface area contributed by atoms with E-state index in [1.54, 1.807) is 12.1 Å². The van der Waals surface area contributed by atoms with E-state index in [4.69, 9.17) is 0 Å². The largest absolute Gasteiger partial charge is 0.306 e. The number of hydrogen-bond donors (Lipinski definition) is 0. The van der Waals surface area contributed by atoms with Crippen LogP contribution in [0.3, 0.4) is 0 Å². The van der Waals surface area contributed by atoms with Crippen molar-refractivity contribution < 1.29 is 4.92 Å². The van der Waals surface area contributed by atoms with E-state index in [9.17, 15) is 10.1 Å². The highest BCUT2D eigenvalue weighted by atomic mass is 16.6. The molecular weight excluding hydrogens is 244 g/mol. The molecular formula is C13H16N4O2.